The highest BCUT2D eigenvalue weighted by Gasteiger charge is 2.19. The van der Waals surface area contributed by atoms with Crippen LogP contribution < -0.4 is 4.74 Å². The summed E-state index contributed by atoms with van der Waals surface area (Å²) in [5.74, 6) is -3.87. The summed E-state index contributed by atoms with van der Waals surface area (Å²) in [5.41, 5.74) is 0.852. The lowest BCUT2D eigenvalue weighted by Gasteiger charge is -2.11. The molecule has 0 amide bonds. The molecule has 100 valence electrons. The quantitative estimate of drug-likeness (QED) is 0.752. The van der Waals surface area contributed by atoms with Crippen LogP contribution in [0.1, 0.15) is 18.1 Å². The van der Waals surface area contributed by atoms with Gasteiger partial charge >= 0.3 is 0 Å². The SMILES string of the molecule is CCc1cc(F)c(F)c(OCc2ccccc2)c1F. The highest BCUT2D eigenvalue weighted by molar-refractivity contribution is 5.34. The summed E-state index contributed by atoms with van der Waals surface area (Å²) in [4.78, 5) is 0. The first-order chi connectivity index (χ1) is 9.13. The summed E-state index contributed by atoms with van der Waals surface area (Å²) in [6.45, 7) is 1.65. The molecule has 0 unspecified atom stereocenters. The molecule has 4 heteroatoms. The van der Waals surface area contributed by atoms with Gasteiger partial charge in [0.15, 0.2) is 17.4 Å². The zero-order valence-corrected chi connectivity index (χ0v) is 10.4. The molecule has 0 heterocycles. The maximum Gasteiger partial charge on any atom is 0.203 e. The maximum atomic E-state index is 13.9. The molecule has 0 aliphatic rings. The van der Waals surface area contributed by atoms with E-state index in [2.05, 4.69) is 0 Å². The molecule has 0 aliphatic carbocycles. The molecular weight excluding hydrogens is 253 g/mol. The number of hydrogen-bond donors (Lipinski definition) is 0. The van der Waals surface area contributed by atoms with E-state index in [-0.39, 0.29) is 18.6 Å². The molecule has 0 aliphatic heterocycles. The number of hydrogen-bond acceptors (Lipinski definition) is 1. The van der Waals surface area contributed by atoms with Crippen LogP contribution in [0.5, 0.6) is 5.75 Å². The predicted octanol–water partition coefficient (Wildman–Crippen LogP) is 4.25. The van der Waals surface area contributed by atoms with Crippen LogP contribution in [-0.4, -0.2) is 0 Å². The van der Waals surface area contributed by atoms with Gasteiger partial charge in [-0.3, -0.25) is 0 Å². The third-order valence-corrected chi connectivity index (χ3v) is 2.80. The van der Waals surface area contributed by atoms with Gasteiger partial charge in [-0.1, -0.05) is 37.3 Å². The zero-order valence-electron chi connectivity index (χ0n) is 10.4. The van der Waals surface area contributed by atoms with Gasteiger partial charge in [-0.05, 0) is 23.6 Å². The van der Waals surface area contributed by atoms with E-state index in [1.807, 2.05) is 6.07 Å². The molecule has 0 saturated carbocycles. The Hall–Kier alpha value is -1.97. The van der Waals surface area contributed by atoms with Gasteiger partial charge in [-0.2, -0.15) is 4.39 Å². The number of halogens is 3. The molecule has 0 atom stereocenters. The van der Waals surface area contributed by atoms with Crippen molar-refractivity contribution in [1.82, 2.24) is 0 Å². The van der Waals surface area contributed by atoms with Crippen molar-refractivity contribution in [2.75, 3.05) is 0 Å². The molecule has 1 nitrogen and oxygen atoms in total. The summed E-state index contributed by atoms with van der Waals surface area (Å²) in [5, 5.41) is 0. The van der Waals surface area contributed by atoms with Gasteiger partial charge in [0.25, 0.3) is 0 Å². The van der Waals surface area contributed by atoms with E-state index in [1.54, 1.807) is 31.2 Å². The Kier molecular flexibility index (Phi) is 4.10. The summed E-state index contributed by atoms with van der Waals surface area (Å²) in [6.07, 6.45) is 0.269. The molecule has 0 saturated heterocycles. The van der Waals surface area contributed by atoms with Crippen molar-refractivity contribution in [3.8, 4) is 5.75 Å². The fourth-order valence-electron chi connectivity index (χ4n) is 1.74. The smallest absolute Gasteiger partial charge is 0.203 e. The van der Waals surface area contributed by atoms with Crippen molar-refractivity contribution in [2.24, 2.45) is 0 Å². The zero-order chi connectivity index (χ0) is 13.8. The average molecular weight is 266 g/mol. The third-order valence-electron chi connectivity index (χ3n) is 2.80. The van der Waals surface area contributed by atoms with E-state index in [4.69, 9.17) is 4.74 Å². The lowest BCUT2D eigenvalue weighted by atomic mass is 10.1. The van der Waals surface area contributed by atoms with Crippen LogP contribution in [0.4, 0.5) is 13.2 Å². The standard InChI is InChI=1S/C15H13F3O/c1-2-11-8-12(16)14(18)15(13(11)17)19-9-10-6-4-3-5-7-10/h3-8H,2,9H2,1H3. The van der Waals surface area contributed by atoms with Crippen LogP contribution >= 0.6 is 0 Å². The van der Waals surface area contributed by atoms with Crippen molar-refractivity contribution >= 4 is 0 Å². The normalized spacial score (nSPS) is 10.5. The van der Waals surface area contributed by atoms with E-state index in [0.29, 0.717) is 0 Å². The van der Waals surface area contributed by atoms with E-state index in [1.165, 1.54) is 0 Å². The van der Waals surface area contributed by atoms with Crippen LogP contribution in [-0.2, 0) is 13.0 Å². The summed E-state index contributed by atoms with van der Waals surface area (Å²) < 4.78 is 45.8. The second-order valence-corrected chi connectivity index (χ2v) is 4.10. The van der Waals surface area contributed by atoms with E-state index < -0.39 is 23.2 Å². The van der Waals surface area contributed by atoms with Crippen molar-refractivity contribution in [2.45, 2.75) is 20.0 Å². The first-order valence-electron chi connectivity index (χ1n) is 5.96. The Morgan fingerprint density at radius 2 is 1.68 bits per heavy atom. The lowest BCUT2D eigenvalue weighted by Crippen LogP contribution is -2.04. The predicted molar refractivity (Wildman–Crippen MR) is 66.5 cm³/mol. The minimum Gasteiger partial charge on any atom is -0.483 e. The van der Waals surface area contributed by atoms with Crippen LogP contribution in [0.25, 0.3) is 0 Å². The van der Waals surface area contributed by atoms with Gasteiger partial charge in [0.05, 0.1) is 0 Å². The summed E-state index contributed by atoms with van der Waals surface area (Å²) in [7, 11) is 0. The van der Waals surface area contributed by atoms with Gasteiger partial charge in [0.2, 0.25) is 5.82 Å². The Bertz CT molecular complexity index is 567. The minimum absolute atomic E-state index is 0.0126. The molecule has 0 N–H and O–H groups in total. The molecule has 2 aromatic carbocycles. The van der Waals surface area contributed by atoms with Crippen molar-refractivity contribution < 1.29 is 17.9 Å². The number of rotatable bonds is 4. The van der Waals surface area contributed by atoms with E-state index >= 15 is 0 Å². The molecule has 0 bridgehead atoms. The Labute approximate surface area is 109 Å². The van der Waals surface area contributed by atoms with Crippen LogP contribution in [0.2, 0.25) is 0 Å². The van der Waals surface area contributed by atoms with Gasteiger partial charge in [-0.25, -0.2) is 8.78 Å². The van der Waals surface area contributed by atoms with Gasteiger partial charge < -0.3 is 4.74 Å². The summed E-state index contributed by atoms with van der Waals surface area (Å²) in [6, 6.07) is 9.77. The molecule has 0 radical (unpaired) electrons. The lowest BCUT2D eigenvalue weighted by molar-refractivity contribution is 0.267. The fraction of sp³-hybridized carbons (Fsp3) is 0.200. The second-order valence-electron chi connectivity index (χ2n) is 4.10. The molecule has 2 rings (SSSR count). The Balaban J connectivity index is 2.27. The van der Waals surface area contributed by atoms with Gasteiger partial charge in [-0.15, -0.1) is 0 Å². The first-order valence-corrected chi connectivity index (χ1v) is 5.96. The highest BCUT2D eigenvalue weighted by atomic mass is 19.2. The van der Waals surface area contributed by atoms with Crippen molar-refractivity contribution in [3.05, 3.63) is 65.0 Å². The minimum atomic E-state index is -1.29. The number of aryl methyl sites for hydroxylation is 1. The van der Waals surface area contributed by atoms with Crippen LogP contribution in [0.15, 0.2) is 36.4 Å². The van der Waals surface area contributed by atoms with Gasteiger partial charge in [0, 0.05) is 0 Å². The molecule has 19 heavy (non-hydrogen) atoms. The molecular formula is C15H13F3O. The number of ether oxygens (including phenoxy) is 1. The molecule has 0 aromatic heterocycles. The fourth-order valence-corrected chi connectivity index (χ4v) is 1.74. The Morgan fingerprint density at radius 1 is 1.00 bits per heavy atom. The third kappa shape index (κ3) is 2.89. The molecule has 0 spiro atoms. The largest absolute Gasteiger partial charge is 0.483 e. The number of benzene rings is 2. The van der Waals surface area contributed by atoms with Crippen LogP contribution in [0.3, 0.4) is 0 Å². The topological polar surface area (TPSA) is 9.23 Å². The van der Waals surface area contributed by atoms with Crippen LogP contribution in [0, 0.1) is 17.5 Å². The highest BCUT2D eigenvalue weighted by Crippen LogP contribution is 2.28. The maximum absolute atomic E-state index is 13.9. The Morgan fingerprint density at radius 3 is 2.32 bits per heavy atom. The van der Waals surface area contributed by atoms with Crippen molar-refractivity contribution in [1.29, 1.82) is 0 Å². The monoisotopic (exact) mass is 266 g/mol. The summed E-state index contributed by atoms with van der Waals surface area (Å²) >= 11 is 0. The first kappa shape index (κ1) is 13.5. The average Bonchev–Trinajstić information content (AvgIpc) is 2.44. The second kappa shape index (κ2) is 5.78. The van der Waals surface area contributed by atoms with Gasteiger partial charge in [0.1, 0.15) is 6.61 Å². The van der Waals surface area contributed by atoms with E-state index in [9.17, 15) is 13.2 Å². The molecule has 2 aromatic rings. The molecule has 0 fully saturated rings. The van der Waals surface area contributed by atoms with E-state index in [0.717, 1.165) is 11.6 Å². The van der Waals surface area contributed by atoms with Crippen molar-refractivity contribution in [3.63, 3.8) is 0 Å².